The zero-order chi connectivity index (χ0) is 12.1. The Balaban J connectivity index is 1.72. The summed E-state index contributed by atoms with van der Waals surface area (Å²) < 4.78 is 31.7. The van der Waals surface area contributed by atoms with Crippen molar-refractivity contribution in [2.45, 2.75) is 25.4 Å². The molecule has 0 amide bonds. The topological polar surface area (TPSA) is 21.3 Å². The molecular formula is C13H17F2NO. The van der Waals surface area contributed by atoms with Gasteiger partial charge in [-0.2, -0.15) is 0 Å². The van der Waals surface area contributed by atoms with Crippen LogP contribution < -0.4 is 5.32 Å². The molecule has 0 aliphatic carbocycles. The Morgan fingerprint density at radius 3 is 3.00 bits per heavy atom. The van der Waals surface area contributed by atoms with Crippen LogP contribution in [0.4, 0.5) is 8.78 Å². The smallest absolute Gasteiger partial charge is 0.162 e. The average molecular weight is 241 g/mol. The van der Waals surface area contributed by atoms with E-state index in [0.717, 1.165) is 32.1 Å². The maximum atomic E-state index is 13.3. The first-order valence-electron chi connectivity index (χ1n) is 6.02. The average Bonchev–Trinajstić information content (AvgIpc) is 2.83. The molecule has 2 rings (SSSR count). The summed E-state index contributed by atoms with van der Waals surface area (Å²) in [4.78, 5) is 0. The molecule has 17 heavy (non-hydrogen) atoms. The van der Waals surface area contributed by atoms with Crippen LogP contribution in [0.5, 0.6) is 0 Å². The molecule has 0 bridgehead atoms. The van der Waals surface area contributed by atoms with Gasteiger partial charge in [0.2, 0.25) is 0 Å². The SMILES string of the molecule is Fc1cccc(CCNCC2CCCO2)c1F. The molecular weight excluding hydrogens is 224 g/mol. The highest BCUT2D eigenvalue weighted by Gasteiger charge is 2.14. The Morgan fingerprint density at radius 1 is 1.35 bits per heavy atom. The zero-order valence-electron chi connectivity index (χ0n) is 9.72. The molecule has 1 aliphatic rings. The summed E-state index contributed by atoms with van der Waals surface area (Å²) in [6.45, 7) is 2.27. The third-order valence-electron chi connectivity index (χ3n) is 3.00. The number of nitrogens with one attached hydrogen (secondary N) is 1. The van der Waals surface area contributed by atoms with E-state index in [1.807, 2.05) is 0 Å². The molecule has 2 nitrogen and oxygen atoms in total. The normalized spacial score (nSPS) is 19.8. The lowest BCUT2D eigenvalue weighted by Gasteiger charge is -2.10. The van der Waals surface area contributed by atoms with Crippen molar-refractivity contribution in [3.8, 4) is 0 Å². The van der Waals surface area contributed by atoms with Crippen LogP contribution in [-0.2, 0) is 11.2 Å². The van der Waals surface area contributed by atoms with Gasteiger partial charge in [0, 0.05) is 13.2 Å². The Labute approximate surface area is 100.0 Å². The van der Waals surface area contributed by atoms with Gasteiger partial charge in [-0.15, -0.1) is 0 Å². The van der Waals surface area contributed by atoms with Crippen molar-refractivity contribution in [1.82, 2.24) is 5.32 Å². The van der Waals surface area contributed by atoms with Gasteiger partial charge in [0.25, 0.3) is 0 Å². The Bertz CT molecular complexity index is 364. The van der Waals surface area contributed by atoms with Crippen molar-refractivity contribution >= 4 is 0 Å². The summed E-state index contributed by atoms with van der Waals surface area (Å²) in [7, 11) is 0. The number of ether oxygens (including phenoxy) is 1. The second-order valence-corrected chi connectivity index (χ2v) is 4.30. The van der Waals surface area contributed by atoms with E-state index in [9.17, 15) is 8.78 Å². The molecule has 0 aromatic heterocycles. The first-order chi connectivity index (χ1) is 8.27. The highest BCUT2D eigenvalue weighted by atomic mass is 19.2. The molecule has 1 saturated heterocycles. The van der Waals surface area contributed by atoms with Crippen molar-refractivity contribution in [1.29, 1.82) is 0 Å². The molecule has 1 heterocycles. The lowest BCUT2D eigenvalue weighted by Crippen LogP contribution is -2.28. The van der Waals surface area contributed by atoms with Gasteiger partial charge in [-0.05, 0) is 37.4 Å². The summed E-state index contributed by atoms with van der Waals surface area (Å²) >= 11 is 0. The van der Waals surface area contributed by atoms with Gasteiger partial charge < -0.3 is 10.1 Å². The number of hydrogen-bond acceptors (Lipinski definition) is 2. The minimum atomic E-state index is -0.776. The molecule has 4 heteroatoms. The minimum absolute atomic E-state index is 0.285. The van der Waals surface area contributed by atoms with E-state index < -0.39 is 11.6 Å². The third kappa shape index (κ3) is 3.48. The monoisotopic (exact) mass is 241 g/mol. The molecule has 0 saturated carbocycles. The lowest BCUT2D eigenvalue weighted by molar-refractivity contribution is 0.110. The largest absolute Gasteiger partial charge is 0.377 e. The van der Waals surface area contributed by atoms with Gasteiger partial charge in [0.15, 0.2) is 11.6 Å². The van der Waals surface area contributed by atoms with Gasteiger partial charge in [-0.1, -0.05) is 12.1 Å². The summed E-state index contributed by atoms with van der Waals surface area (Å²) in [5.74, 6) is -1.51. The molecule has 1 aromatic rings. The molecule has 1 aliphatic heterocycles. The van der Waals surface area contributed by atoms with Crippen LogP contribution in [0.25, 0.3) is 0 Å². The highest BCUT2D eigenvalue weighted by Crippen LogP contribution is 2.12. The molecule has 0 radical (unpaired) electrons. The van der Waals surface area contributed by atoms with E-state index in [2.05, 4.69) is 5.32 Å². The number of hydrogen-bond donors (Lipinski definition) is 1. The van der Waals surface area contributed by atoms with E-state index in [4.69, 9.17) is 4.74 Å². The Kier molecular flexibility index (Phi) is 4.45. The molecule has 94 valence electrons. The van der Waals surface area contributed by atoms with Crippen LogP contribution in [-0.4, -0.2) is 25.8 Å². The van der Waals surface area contributed by atoms with Gasteiger partial charge in [-0.25, -0.2) is 8.78 Å². The predicted molar refractivity (Wildman–Crippen MR) is 61.9 cm³/mol. The molecule has 1 unspecified atom stereocenters. The van der Waals surface area contributed by atoms with Crippen molar-refractivity contribution in [2.75, 3.05) is 19.7 Å². The third-order valence-corrected chi connectivity index (χ3v) is 3.00. The molecule has 1 fully saturated rings. The maximum absolute atomic E-state index is 13.3. The highest BCUT2D eigenvalue weighted by molar-refractivity contribution is 5.19. The number of benzene rings is 1. The summed E-state index contributed by atoms with van der Waals surface area (Å²) in [5, 5.41) is 3.21. The molecule has 1 atom stereocenters. The van der Waals surface area contributed by atoms with Gasteiger partial charge >= 0.3 is 0 Å². The van der Waals surface area contributed by atoms with Gasteiger partial charge in [0.05, 0.1) is 6.10 Å². The lowest BCUT2D eigenvalue weighted by atomic mass is 10.1. The second-order valence-electron chi connectivity index (χ2n) is 4.30. The standard InChI is InChI=1S/C13H17F2NO/c14-12-5-1-3-10(13(12)15)6-7-16-9-11-4-2-8-17-11/h1,3,5,11,16H,2,4,6-9H2. The van der Waals surface area contributed by atoms with Crippen LogP contribution >= 0.6 is 0 Å². The number of halogens is 2. The zero-order valence-corrected chi connectivity index (χ0v) is 9.72. The van der Waals surface area contributed by atoms with Crippen LogP contribution in [0.3, 0.4) is 0 Å². The van der Waals surface area contributed by atoms with E-state index in [1.165, 1.54) is 6.07 Å². The first-order valence-corrected chi connectivity index (χ1v) is 6.02. The molecule has 1 N–H and O–H groups in total. The quantitative estimate of drug-likeness (QED) is 0.798. The summed E-state index contributed by atoms with van der Waals surface area (Å²) in [6, 6.07) is 4.29. The molecule has 0 spiro atoms. The first kappa shape index (κ1) is 12.5. The van der Waals surface area contributed by atoms with Crippen LogP contribution in [0.1, 0.15) is 18.4 Å². The fourth-order valence-electron chi connectivity index (χ4n) is 2.03. The van der Waals surface area contributed by atoms with Gasteiger partial charge in [-0.3, -0.25) is 0 Å². The van der Waals surface area contributed by atoms with E-state index in [-0.39, 0.29) is 6.10 Å². The van der Waals surface area contributed by atoms with E-state index in [1.54, 1.807) is 6.07 Å². The van der Waals surface area contributed by atoms with Crippen molar-refractivity contribution in [2.24, 2.45) is 0 Å². The van der Waals surface area contributed by atoms with Crippen molar-refractivity contribution in [3.05, 3.63) is 35.4 Å². The Hall–Kier alpha value is -1.00. The second kappa shape index (κ2) is 6.07. The summed E-state index contributed by atoms with van der Waals surface area (Å²) in [6.07, 6.45) is 2.98. The van der Waals surface area contributed by atoms with Crippen molar-refractivity contribution in [3.63, 3.8) is 0 Å². The Morgan fingerprint density at radius 2 is 2.24 bits per heavy atom. The fourth-order valence-corrected chi connectivity index (χ4v) is 2.03. The maximum Gasteiger partial charge on any atom is 0.162 e. The van der Waals surface area contributed by atoms with Crippen molar-refractivity contribution < 1.29 is 13.5 Å². The fraction of sp³-hybridized carbons (Fsp3) is 0.538. The van der Waals surface area contributed by atoms with Crippen LogP contribution in [0.15, 0.2) is 18.2 Å². The predicted octanol–water partition coefficient (Wildman–Crippen LogP) is 2.28. The summed E-state index contributed by atoms with van der Waals surface area (Å²) in [5.41, 5.74) is 0.421. The van der Waals surface area contributed by atoms with Crippen LogP contribution in [0, 0.1) is 11.6 Å². The van der Waals surface area contributed by atoms with E-state index >= 15 is 0 Å². The minimum Gasteiger partial charge on any atom is -0.377 e. The molecule has 1 aromatic carbocycles. The number of rotatable bonds is 5. The van der Waals surface area contributed by atoms with E-state index in [0.29, 0.717) is 18.5 Å². The van der Waals surface area contributed by atoms with Crippen LogP contribution in [0.2, 0.25) is 0 Å². The van der Waals surface area contributed by atoms with Gasteiger partial charge in [0.1, 0.15) is 0 Å².